The summed E-state index contributed by atoms with van der Waals surface area (Å²) in [5.41, 5.74) is 7.20. The number of anilines is 2. The van der Waals surface area contributed by atoms with Gasteiger partial charge in [-0.2, -0.15) is 0 Å². The molecule has 104 valence electrons. The van der Waals surface area contributed by atoms with Crippen LogP contribution in [0.25, 0.3) is 0 Å². The van der Waals surface area contributed by atoms with E-state index in [4.69, 9.17) is 5.73 Å². The number of rotatable bonds is 4. The summed E-state index contributed by atoms with van der Waals surface area (Å²) in [4.78, 5) is 23.1. The van der Waals surface area contributed by atoms with E-state index in [1.165, 1.54) is 6.92 Å². The minimum absolute atomic E-state index is 0.141. The Balaban J connectivity index is 2.94. The lowest BCUT2D eigenvalue weighted by Crippen LogP contribution is -2.37. The monoisotopic (exact) mass is 263 g/mol. The molecule has 0 fully saturated rings. The second kappa shape index (κ2) is 5.84. The molecule has 0 aromatic heterocycles. The van der Waals surface area contributed by atoms with E-state index in [1.54, 1.807) is 26.0 Å². The maximum Gasteiger partial charge on any atom is 0.231 e. The van der Waals surface area contributed by atoms with Gasteiger partial charge in [0.2, 0.25) is 11.8 Å². The molecule has 0 atom stereocenters. The van der Waals surface area contributed by atoms with Crippen molar-refractivity contribution in [2.75, 3.05) is 17.2 Å². The van der Waals surface area contributed by atoms with Gasteiger partial charge in [-0.05, 0) is 38.5 Å². The van der Waals surface area contributed by atoms with Crippen molar-refractivity contribution in [1.82, 2.24) is 0 Å². The zero-order chi connectivity index (χ0) is 14.6. The number of aryl methyl sites for hydroxylation is 1. The molecule has 0 unspecified atom stereocenters. The summed E-state index contributed by atoms with van der Waals surface area (Å²) in [6, 6.07) is 5.37. The van der Waals surface area contributed by atoms with Gasteiger partial charge in [-0.15, -0.1) is 0 Å². The molecule has 0 aliphatic heterocycles. The molecule has 0 aliphatic carbocycles. The van der Waals surface area contributed by atoms with Crippen molar-refractivity contribution in [2.45, 2.75) is 27.7 Å². The number of carbonyl (C=O) groups excluding carboxylic acids is 2. The molecule has 0 bridgehead atoms. The molecule has 0 saturated heterocycles. The standard InChI is InChI=1S/C14H21N3O2/c1-9-5-6-11(16-10(2)18)7-12(9)17-13(19)14(3,4)8-15/h5-7H,8,15H2,1-4H3,(H,16,18)(H,17,19). The molecular formula is C14H21N3O2. The minimum atomic E-state index is -0.629. The lowest BCUT2D eigenvalue weighted by Gasteiger charge is -2.22. The van der Waals surface area contributed by atoms with E-state index in [9.17, 15) is 9.59 Å². The van der Waals surface area contributed by atoms with Crippen molar-refractivity contribution < 1.29 is 9.59 Å². The fourth-order valence-electron chi connectivity index (χ4n) is 1.42. The third kappa shape index (κ3) is 4.06. The number of nitrogens with one attached hydrogen (secondary N) is 2. The van der Waals surface area contributed by atoms with Crippen molar-refractivity contribution in [3.05, 3.63) is 23.8 Å². The highest BCUT2D eigenvalue weighted by molar-refractivity contribution is 5.97. The summed E-state index contributed by atoms with van der Waals surface area (Å²) in [5, 5.41) is 5.53. The maximum absolute atomic E-state index is 12.1. The number of hydrogen-bond acceptors (Lipinski definition) is 3. The van der Waals surface area contributed by atoms with E-state index in [-0.39, 0.29) is 18.4 Å². The third-order valence-corrected chi connectivity index (χ3v) is 2.93. The van der Waals surface area contributed by atoms with Gasteiger partial charge < -0.3 is 16.4 Å². The Bertz CT molecular complexity index is 495. The molecule has 1 aromatic carbocycles. The maximum atomic E-state index is 12.1. The molecule has 1 rings (SSSR count). The quantitative estimate of drug-likeness (QED) is 0.775. The number of hydrogen-bond donors (Lipinski definition) is 3. The highest BCUT2D eigenvalue weighted by Gasteiger charge is 2.26. The Hall–Kier alpha value is -1.88. The predicted molar refractivity (Wildman–Crippen MR) is 76.9 cm³/mol. The predicted octanol–water partition coefficient (Wildman–Crippen LogP) is 1.88. The van der Waals surface area contributed by atoms with Crippen molar-refractivity contribution in [3.63, 3.8) is 0 Å². The molecule has 1 aromatic rings. The average molecular weight is 263 g/mol. The molecule has 2 amide bonds. The van der Waals surface area contributed by atoms with Gasteiger partial charge in [0.05, 0.1) is 5.41 Å². The summed E-state index contributed by atoms with van der Waals surface area (Å²) in [6.45, 7) is 7.17. The lowest BCUT2D eigenvalue weighted by molar-refractivity contribution is -0.123. The Morgan fingerprint density at radius 1 is 1.26 bits per heavy atom. The van der Waals surface area contributed by atoms with E-state index >= 15 is 0 Å². The van der Waals surface area contributed by atoms with Crippen LogP contribution < -0.4 is 16.4 Å². The van der Waals surface area contributed by atoms with E-state index in [1.807, 2.05) is 13.0 Å². The molecule has 5 heteroatoms. The fourth-order valence-corrected chi connectivity index (χ4v) is 1.42. The first kappa shape index (κ1) is 15.2. The van der Waals surface area contributed by atoms with Crippen LogP contribution in [0.3, 0.4) is 0 Å². The molecule has 0 radical (unpaired) electrons. The van der Waals surface area contributed by atoms with Gasteiger partial charge >= 0.3 is 0 Å². The zero-order valence-corrected chi connectivity index (χ0v) is 11.8. The summed E-state index contributed by atoms with van der Waals surface area (Å²) < 4.78 is 0. The van der Waals surface area contributed by atoms with Gasteiger partial charge in [-0.3, -0.25) is 9.59 Å². The summed E-state index contributed by atoms with van der Waals surface area (Å²) in [5.74, 6) is -0.290. The molecule has 5 nitrogen and oxygen atoms in total. The molecule has 4 N–H and O–H groups in total. The first-order chi connectivity index (χ1) is 8.76. The Kier molecular flexibility index (Phi) is 4.67. The topological polar surface area (TPSA) is 84.2 Å². The second-order valence-electron chi connectivity index (χ2n) is 5.25. The van der Waals surface area contributed by atoms with E-state index in [2.05, 4.69) is 10.6 Å². The largest absolute Gasteiger partial charge is 0.329 e. The van der Waals surface area contributed by atoms with E-state index in [0.29, 0.717) is 11.4 Å². The smallest absolute Gasteiger partial charge is 0.231 e. The summed E-state index contributed by atoms with van der Waals surface area (Å²) in [6.07, 6.45) is 0. The van der Waals surface area contributed by atoms with Crippen LogP contribution in [0.5, 0.6) is 0 Å². The van der Waals surface area contributed by atoms with Gasteiger partial charge in [0, 0.05) is 24.8 Å². The van der Waals surface area contributed by atoms with Crippen molar-refractivity contribution in [2.24, 2.45) is 11.1 Å². The first-order valence-electron chi connectivity index (χ1n) is 6.16. The molecule has 0 saturated carbocycles. The normalized spacial score (nSPS) is 11.0. The van der Waals surface area contributed by atoms with Crippen LogP contribution in [-0.2, 0) is 9.59 Å². The summed E-state index contributed by atoms with van der Waals surface area (Å²) in [7, 11) is 0. The second-order valence-corrected chi connectivity index (χ2v) is 5.25. The van der Waals surface area contributed by atoms with Crippen molar-refractivity contribution in [3.8, 4) is 0 Å². The van der Waals surface area contributed by atoms with Crippen LogP contribution >= 0.6 is 0 Å². The van der Waals surface area contributed by atoms with Gasteiger partial charge in [0.15, 0.2) is 0 Å². The molecule has 0 spiro atoms. The molecule has 0 heterocycles. The number of nitrogens with two attached hydrogens (primary N) is 1. The number of amides is 2. The van der Waals surface area contributed by atoms with E-state index in [0.717, 1.165) is 5.56 Å². The highest BCUT2D eigenvalue weighted by atomic mass is 16.2. The zero-order valence-electron chi connectivity index (χ0n) is 11.8. The Morgan fingerprint density at radius 2 is 1.89 bits per heavy atom. The third-order valence-electron chi connectivity index (χ3n) is 2.93. The van der Waals surface area contributed by atoms with Gasteiger partial charge in [0.1, 0.15) is 0 Å². The van der Waals surface area contributed by atoms with Gasteiger partial charge in [-0.1, -0.05) is 6.07 Å². The van der Waals surface area contributed by atoms with Gasteiger partial charge in [0.25, 0.3) is 0 Å². The number of benzene rings is 1. The Morgan fingerprint density at radius 3 is 2.42 bits per heavy atom. The first-order valence-corrected chi connectivity index (χ1v) is 6.16. The minimum Gasteiger partial charge on any atom is -0.329 e. The van der Waals surface area contributed by atoms with E-state index < -0.39 is 5.41 Å². The fraction of sp³-hybridized carbons (Fsp3) is 0.429. The molecule has 0 aliphatic rings. The van der Waals surface area contributed by atoms with Crippen molar-refractivity contribution in [1.29, 1.82) is 0 Å². The molecule has 19 heavy (non-hydrogen) atoms. The molecular weight excluding hydrogens is 242 g/mol. The average Bonchev–Trinajstić information content (AvgIpc) is 2.32. The summed E-state index contributed by atoms with van der Waals surface area (Å²) >= 11 is 0. The SMILES string of the molecule is CC(=O)Nc1ccc(C)c(NC(=O)C(C)(C)CN)c1. The highest BCUT2D eigenvalue weighted by Crippen LogP contribution is 2.23. The van der Waals surface area contributed by atoms with Crippen LogP contribution in [0, 0.1) is 12.3 Å². The number of carbonyl (C=O) groups is 2. The Labute approximate surface area is 113 Å². The van der Waals surface area contributed by atoms with Crippen LogP contribution in [0.4, 0.5) is 11.4 Å². The van der Waals surface area contributed by atoms with Crippen LogP contribution in [0.15, 0.2) is 18.2 Å². The van der Waals surface area contributed by atoms with Crippen LogP contribution in [0.2, 0.25) is 0 Å². The van der Waals surface area contributed by atoms with Crippen LogP contribution in [-0.4, -0.2) is 18.4 Å². The lowest BCUT2D eigenvalue weighted by atomic mass is 9.92. The van der Waals surface area contributed by atoms with Gasteiger partial charge in [-0.25, -0.2) is 0 Å². The van der Waals surface area contributed by atoms with Crippen LogP contribution in [0.1, 0.15) is 26.3 Å². The van der Waals surface area contributed by atoms with Crippen molar-refractivity contribution >= 4 is 23.2 Å².